The third-order valence-electron chi connectivity index (χ3n) is 3.40. The van der Waals surface area contributed by atoms with Gasteiger partial charge in [-0.1, -0.05) is 12.1 Å². The van der Waals surface area contributed by atoms with Crippen LogP contribution in [0.4, 0.5) is 11.8 Å². The van der Waals surface area contributed by atoms with E-state index < -0.39 is 5.60 Å². The number of ether oxygens (including phenoxy) is 1. The summed E-state index contributed by atoms with van der Waals surface area (Å²) in [6.45, 7) is 1.29. The number of nitrogens with zero attached hydrogens (tertiary/aromatic N) is 2. The van der Waals surface area contributed by atoms with Gasteiger partial charge in [0.2, 0.25) is 5.95 Å². The van der Waals surface area contributed by atoms with Gasteiger partial charge in [0.15, 0.2) is 0 Å². The Hall–Kier alpha value is -1.96. The molecule has 3 rings (SSSR count). The molecule has 1 saturated heterocycles. The lowest BCUT2D eigenvalue weighted by atomic mass is 10.0. The zero-order valence-electron chi connectivity index (χ0n) is 11.0. The molecule has 106 valence electrons. The minimum absolute atomic E-state index is 0.334. The van der Waals surface area contributed by atoms with E-state index in [1.54, 1.807) is 0 Å². The van der Waals surface area contributed by atoms with Crippen molar-refractivity contribution in [1.82, 2.24) is 9.97 Å². The van der Waals surface area contributed by atoms with E-state index in [0.29, 0.717) is 37.9 Å². The molecule has 1 aromatic carbocycles. The first-order chi connectivity index (χ1) is 9.70. The fourth-order valence-corrected chi connectivity index (χ4v) is 2.26. The number of anilines is 2. The van der Waals surface area contributed by atoms with Crippen LogP contribution >= 0.6 is 0 Å². The number of nitrogen functional groups attached to an aromatic ring is 1. The molecule has 1 fully saturated rings. The first-order valence-corrected chi connectivity index (χ1v) is 6.48. The Morgan fingerprint density at radius 1 is 1.35 bits per heavy atom. The number of hydrogen-bond donors (Lipinski definition) is 4. The number of nitrogens with two attached hydrogens (primary N) is 1. The Bertz CT molecular complexity index is 613. The summed E-state index contributed by atoms with van der Waals surface area (Å²) in [7, 11) is 0. The molecule has 0 spiro atoms. The van der Waals surface area contributed by atoms with Crippen molar-refractivity contribution in [3.63, 3.8) is 0 Å². The van der Waals surface area contributed by atoms with E-state index in [1.807, 2.05) is 24.3 Å². The van der Waals surface area contributed by atoms with Crippen LogP contribution < -0.4 is 16.6 Å². The van der Waals surface area contributed by atoms with E-state index in [-0.39, 0.29) is 0 Å². The summed E-state index contributed by atoms with van der Waals surface area (Å²) in [4.78, 5) is 8.58. The largest absolute Gasteiger partial charge is 0.386 e. The van der Waals surface area contributed by atoms with E-state index >= 15 is 0 Å². The summed E-state index contributed by atoms with van der Waals surface area (Å²) in [5.41, 5.74) is 2.39. The van der Waals surface area contributed by atoms with Gasteiger partial charge in [-0.3, -0.25) is 5.43 Å². The number of benzene rings is 1. The SMILES string of the molecule is NNc1nc(NCC2(O)CCOC2)c2ccccc2n1. The highest BCUT2D eigenvalue weighted by atomic mass is 16.5. The van der Waals surface area contributed by atoms with Gasteiger partial charge in [0, 0.05) is 25.0 Å². The second-order valence-corrected chi connectivity index (χ2v) is 4.94. The molecular formula is C13H17N5O2. The topological polar surface area (TPSA) is 105 Å². The molecule has 0 amide bonds. The van der Waals surface area contributed by atoms with Gasteiger partial charge >= 0.3 is 0 Å². The Labute approximate surface area is 116 Å². The summed E-state index contributed by atoms with van der Waals surface area (Å²) in [6, 6.07) is 7.63. The van der Waals surface area contributed by atoms with E-state index in [1.165, 1.54) is 0 Å². The van der Waals surface area contributed by atoms with Crippen molar-refractivity contribution < 1.29 is 9.84 Å². The summed E-state index contributed by atoms with van der Waals surface area (Å²) in [5, 5.41) is 14.3. The molecule has 7 nitrogen and oxygen atoms in total. The molecule has 1 aromatic heterocycles. The van der Waals surface area contributed by atoms with Crippen LogP contribution in [0.25, 0.3) is 10.9 Å². The highest BCUT2D eigenvalue weighted by Gasteiger charge is 2.32. The number of aromatic nitrogens is 2. The standard InChI is InChI=1S/C13H17N5O2/c14-18-12-16-10-4-2-1-3-9(10)11(17-12)15-7-13(19)5-6-20-8-13/h1-4,19H,5-8,14H2,(H2,15,16,17,18). The number of aliphatic hydroxyl groups is 1. The number of para-hydroxylation sites is 1. The first-order valence-electron chi connectivity index (χ1n) is 6.48. The van der Waals surface area contributed by atoms with E-state index in [0.717, 1.165) is 10.9 Å². The maximum Gasteiger partial charge on any atom is 0.239 e. The second-order valence-electron chi connectivity index (χ2n) is 4.94. The van der Waals surface area contributed by atoms with Crippen molar-refractivity contribution in [3.05, 3.63) is 24.3 Å². The number of fused-ring (bicyclic) bond motifs is 1. The Morgan fingerprint density at radius 2 is 2.20 bits per heavy atom. The van der Waals surface area contributed by atoms with Crippen LogP contribution in [-0.2, 0) is 4.74 Å². The second kappa shape index (κ2) is 5.20. The lowest BCUT2D eigenvalue weighted by Gasteiger charge is -2.21. The zero-order chi connectivity index (χ0) is 14.0. The average Bonchev–Trinajstić information content (AvgIpc) is 2.91. The summed E-state index contributed by atoms with van der Waals surface area (Å²) < 4.78 is 5.23. The Morgan fingerprint density at radius 3 is 2.95 bits per heavy atom. The van der Waals surface area contributed by atoms with Crippen molar-refractivity contribution in [2.75, 3.05) is 30.5 Å². The molecule has 1 aliphatic heterocycles. The van der Waals surface area contributed by atoms with Crippen molar-refractivity contribution in [1.29, 1.82) is 0 Å². The highest BCUT2D eigenvalue weighted by molar-refractivity contribution is 5.90. The summed E-state index contributed by atoms with van der Waals surface area (Å²) in [6.07, 6.45) is 0.616. The van der Waals surface area contributed by atoms with Gasteiger partial charge in [0.1, 0.15) is 11.4 Å². The van der Waals surface area contributed by atoms with E-state index in [9.17, 15) is 5.11 Å². The monoisotopic (exact) mass is 275 g/mol. The minimum atomic E-state index is -0.845. The lowest BCUT2D eigenvalue weighted by Crippen LogP contribution is -2.37. The quantitative estimate of drug-likeness (QED) is 0.475. The van der Waals surface area contributed by atoms with E-state index in [2.05, 4.69) is 20.7 Å². The number of rotatable bonds is 4. The predicted molar refractivity (Wildman–Crippen MR) is 76.2 cm³/mol. The number of hydrogen-bond acceptors (Lipinski definition) is 7. The fraction of sp³-hybridized carbons (Fsp3) is 0.385. The van der Waals surface area contributed by atoms with Crippen LogP contribution in [0.1, 0.15) is 6.42 Å². The van der Waals surface area contributed by atoms with Crippen LogP contribution in [0.3, 0.4) is 0 Å². The highest BCUT2D eigenvalue weighted by Crippen LogP contribution is 2.24. The molecule has 0 bridgehead atoms. The van der Waals surface area contributed by atoms with Gasteiger partial charge in [-0.05, 0) is 12.1 Å². The van der Waals surface area contributed by atoms with Gasteiger partial charge in [-0.15, -0.1) is 0 Å². The lowest BCUT2D eigenvalue weighted by molar-refractivity contribution is 0.0381. The van der Waals surface area contributed by atoms with Crippen LogP contribution in [0.15, 0.2) is 24.3 Å². The molecule has 0 saturated carbocycles. The molecule has 5 N–H and O–H groups in total. The maximum atomic E-state index is 10.3. The molecular weight excluding hydrogens is 258 g/mol. The Kier molecular flexibility index (Phi) is 3.39. The van der Waals surface area contributed by atoms with E-state index in [4.69, 9.17) is 10.6 Å². The third kappa shape index (κ3) is 2.51. The molecule has 0 aliphatic carbocycles. The van der Waals surface area contributed by atoms with Gasteiger partial charge in [-0.2, -0.15) is 4.98 Å². The van der Waals surface area contributed by atoms with Gasteiger partial charge in [0.25, 0.3) is 0 Å². The third-order valence-corrected chi connectivity index (χ3v) is 3.40. The van der Waals surface area contributed by atoms with Crippen molar-refractivity contribution >= 4 is 22.7 Å². The zero-order valence-corrected chi connectivity index (χ0v) is 11.0. The van der Waals surface area contributed by atoms with Gasteiger partial charge < -0.3 is 15.2 Å². The van der Waals surface area contributed by atoms with Crippen LogP contribution in [-0.4, -0.2) is 40.4 Å². The fourth-order valence-electron chi connectivity index (χ4n) is 2.26. The van der Waals surface area contributed by atoms with Gasteiger partial charge in [0.05, 0.1) is 12.1 Å². The molecule has 1 atom stereocenters. The normalized spacial score (nSPS) is 22.1. The van der Waals surface area contributed by atoms with Crippen LogP contribution in [0.5, 0.6) is 0 Å². The molecule has 2 aromatic rings. The first kappa shape index (κ1) is 13.0. The smallest absolute Gasteiger partial charge is 0.239 e. The average molecular weight is 275 g/mol. The predicted octanol–water partition coefficient (Wildman–Crippen LogP) is 0.479. The maximum absolute atomic E-state index is 10.3. The molecule has 1 unspecified atom stereocenters. The Balaban J connectivity index is 1.89. The summed E-state index contributed by atoms with van der Waals surface area (Å²) >= 11 is 0. The van der Waals surface area contributed by atoms with Crippen molar-refractivity contribution in [2.45, 2.75) is 12.0 Å². The summed E-state index contributed by atoms with van der Waals surface area (Å²) in [5.74, 6) is 6.36. The molecule has 2 heterocycles. The van der Waals surface area contributed by atoms with Crippen molar-refractivity contribution in [3.8, 4) is 0 Å². The molecule has 7 heteroatoms. The molecule has 1 aliphatic rings. The minimum Gasteiger partial charge on any atom is -0.386 e. The molecule has 20 heavy (non-hydrogen) atoms. The van der Waals surface area contributed by atoms with Crippen molar-refractivity contribution in [2.24, 2.45) is 5.84 Å². The number of nitrogens with one attached hydrogen (secondary N) is 2. The van der Waals surface area contributed by atoms with Crippen LogP contribution in [0, 0.1) is 0 Å². The van der Waals surface area contributed by atoms with Crippen LogP contribution in [0.2, 0.25) is 0 Å². The van der Waals surface area contributed by atoms with Gasteiger partial charge in [-0.25, -0.2) is 10.8 Å². The molecule has 0 radical (unpaired) electrons. The number of hydrazine groups is 1.